The highest BCUT2D eigenvalue weighted by molar-refractivity contribution is 9.10. The molecule has 11 nitrogen and oxygen atoms in total. The number of carboxylic acid groups (broad SMARTS) is 3. The van der Waals surface area contributed by atoms with Gasteiger partial charge in [0.15, 0.2) is 0 Å². The Morgan fingerprint density at radius 1 is 0.472 bits per heavy atom. The molecule has 53 heavy (non-hydrogen) atoms. The molecular formula is C36H56Br4Cl2O11. The van der Waals surface area contributed by atoms with Crippen LogP contribution in [0.1, 0.15) is 154 Å². The Kier molecular flexibility index (Phi) is 31.3. The molecule has 0 bridgehead atoms. The minimum absolute atomic E-state index is 0.0921. The molecule has 0 aromatic carbocycles. The first kappa shape index (κ1) is 52.5. The predicted octanol–water partition coefficient (Wildman–Crippen LogP) is 10.8. The minimum atomic E-state index is -1.84. The molecule has 308 valence electrons. The first-order chi connectivity index (χ1) is 25.0. The fourth-order valence-corrected chi connectivity index (χ4v) is 7.25. The first-order valence-electron chi connectivity index (χ1n) is 18.6. The van der Waals surface area contributed by atoms with Crippen molar-refractivity contribution in [2.45, 2.75) is 184 Å². The zero-order valence-electron chi connectivity index (χ0n) is 30.2. The predicted molar refractivity (Wildman–Crippen MR) is 220 cm³/mol. The zero-order valence-corrected chi connectivity index (χ0v) is 38.1. The van der Waals surface area contributed by atoms with Gasteiger partial charge in [-0.25, -0.2) is 9.59 Å². The summed E-state index contributed by atoms with van der Waals surface area (Å²) >= 11 is 25.0. The summed E-state index contributed by atoms with van der Waals surface area (Å²) in [7, 11) is 0. The van der Waals surface area contributed by atoms with Gasteiger partial charge in [-0.1, -0.05) is 157 Å². The number of alkyl halides is 6. The number of carbonyl (C=O) groups is 6. The van der Waals surface area contributed by atoms with Gasteiger partial charge >= 0.3 is 35.8 Å². The molecule has 0 aliphatic heterocycles. The van der Waals surface area contributed by atoms with Crippen molar-refractivity contribution in [3.63, 3.8) is 0 Å². The van der Waals surface area contributed by atoms with E-state index in [0.717, 1.165) is 96.3 Å². The van der Waals surface area contributed by atoms with Gasteiger partial charge in [-0.2, -0.15) is 0 Å². The molecule has 0 aliphatic carbocycles. The molecule has 0 saturated heterocycles. The molecule has 0 saturated carbocycles. The van der Waals surface area contributed by atoms with Crippen LogP contribution in [0.2, 0.25) is 0 Å². The fraction of sp³-hybridized carbons (Fsp3) is 0.833. The van der Waals surface area contributed by atoms with Crippen molar-refractivity contribution in [3.8, 4) is 0 Å². The molecule has 0 aromatic rings. The number of hydrogen-bond acceptors (Lipinski definition) is 8. The SMILES string of the molecule is O=C(OC(=O)C(Br)CCCCCCCCC(Br)C(=O)O)C(Cl)CCCCCCCCC(Cl)C(=O)OC(Br)(CCCCCCCCC(Br)C(=O)O)C(=O)O. The van der Waals surface area contributed by atoms with Gasteiger partial charge in [0.25, 0.3) is 4.51 Å². The molecule has 0 fully saturated rings. The fourth-order valence-electron chi connectivity index (χ4n) is 5.34. The number of halogens is 6. The average Bonchev–Trinajstić information content (AvgIpc) is 3.10. The van der Waals surface area contributed by atoms with E-state index in [0.29, 0.717) is 51.4 Å². The number of hydrogen-bond donors (Lipinski definition) is 3. The normalized spacial score (nSPS) is 15.4. The van der Waals surface area contributed by atoms with Gasteiger partial charge in [0.05, 0.1) is 0 Å². The van der Waals surface area contributed by atoms with E-state index >= 15 is 0 Å². The van der Waals surface area contributed by atoms with Crippen molar-refractivity contribution in [2.24, 2.45) is 0 Å². The second-order valence-electron chi connectivity index (χ2n) is 13.3. The smallest absolute Gasteiger partial charge is 0.359 e. The maximum Gasteiger partial charge on any atom is 0.359 e. The van der Waals surface area contributed by atoms with Crippen LogP contribution in [0, 0.1) is 0 Å². The van der Waals surface area contributed by atoms with Gasteiger partial charge in [-0.15, -0.1) is 23.2 Å². The van der Waals surface area contributed by atoms with Crippen LogP contribution in [-0.4, -0.2) is 80.9 Å². The Morgan fingerprint density at radius 3 is 1.17 bits per heavy atom. The summed E-state index contributed by atoms with van der Waals surface area (Å²) in [5.74, 6) is -5.20. The van der Waals surface area contributed by atoms with Gasteiger partial charge in [0, 0.05) is 6.42 Å². The van der Waals surface area contributed by atoms with Gasteiger partial charge in [-0.3, -0.25) is 19.2 Å². The third kappa shape index (κ3) is 26.9. The standard InChI is InChI=1S/C36H56Br4Cl2O11/c37-25(30(43)44)19-13-7-1-2-9-15-21-27(39)32(47)52-33(48)28(41)22-16-10-3-4-11-17-23-29(42)34(49)53-36(40,35(50)51)24-18-12-6-5-8-14-20-26(38)31(45)46/h25-29H,1-24H2,(H,43,44)(H,45,46)(H,50,51). The summed E-state index contributed by atoms with van der Waals surface area (Å²) in [6.45, 7) is 0. The summed E-state index contributed by atoms with van der Waals surface area (Å²) in [5.41, 5.74) is 0. The molecule has 0 rings (SSSR count). The van der Waals surface area contributed by atoms with Crippen molar-refractivity contribution < 1.29 is 53.6 Å². The van der Waals surface area contributed by atoms with Crippen LogP contribution in [0.5, 0.6) is 0 Å². The Bertz CT molecular complexity index is 1100. The Balaban J connectivity index is 4.06. The lowest BCUT2D eigenvalue weighted by atomic mass is 10.0. The van der Waals surface area contributed by atoms with Gasteiger partial charge < -0.3 is 24.8 Å². The van der Waals surface area contributed by atoms with Crippen LogP contribution >= 0.6 is 86.9 Å². The highest BCUT2D eigenvalue weighted by Gasteiger charge is 2.40. The summed E-state index contributed by atoms with van der Waals surface area (Å²) in [4.78, 5) is 69.0. The maximum atomic E-state index is 12.6. The molecule has 6 unspecified atom stereocenters. The van der Waals surface area contributed by atoms with Gasteiger partial charge in [0.2, 0.25) is 0 Å². The molecule has 3 N–H and O–H groups in total. The molecule has 0 aliphatic rings. The maximum absolute atomic E-state index is 12.6. The number of carbonyl (C=O) groups excluding carboxylic acids is 3. The molecule has 0 amide bonds. The average molecular weight is 1060 g/mol. The molecular weight excluding hydrogens is 999 g/mol. The molecule has 17 heteroatoms. The number of rotatable bonds is 34. The van der Waals surface area contributed by atoms with Crippen LogP contribution in [-0.2, 0) is 38.2 Å². The van der Waals surface area contributed by atoms with Crippen LogP contribution in [0.4, 0.5) is 0 Å². The van der Waals surface area contributed by atoms with E-state index in [2.05, 4.69) is 63.7 Å². The van der Waals surface area contributed by atoms with Crippen molar-refractivity contribution in [3.05, 3.63) is 0 Å². The van der Waals surface area contributed by atoms with E-state index in [1.165, 1.54) is 0 Å². The quantitative estimate of drug-likeness (QED) is 0.0241. The summed E-state index contributed by atoms with van der Waals surface area (Å²) in [6, 6.07) is 0. The number of ether oxygens (including phenoxy) is 2. The lowest BCUT2D eigenvalue weighted by Gasteiger charge is -2.24. The summed E-state index contributed by atoms with van der Waals surface area (Å²) in [6.07, 6.45) is 17.4. The Labute approximate surface area is 357 Å². The third-order valence-corrected chi connectivity index (χ3v) is 12.8. The van der Waals surface area contributed by atoms with Crippen molar-refractivity contribution >= 4 is 123 Å². The molecule has 0 heterocycles. The van der Waals surface area contributed by atoms with Gasteiger partial charge in [-0.05, 0) is 54.5 Å². The third-order valence-electron chi connectivity index (χ3n) is 8.62. The van der Waals surface area contributed by atoms with E-state index in [1.807, 2.05) is 0 Å². The Hall–Kier alpha value is -0.480. The Morgan fingerprint density at radius 2 is 0.792 bits per heavy atom. The monoisotopic (exact) mass is 1050 g/mol. The minimum Gasteiger partial charge on any atom is -0.480 e. The number of aliphatic carboxylic acids is 3. The number of carboxylic acids is 3. The zero-order chi connectivity index (χ0) is 40.2. The second-order valence-corrected chi connectivity index (χ2v) is 18.9. The van der Waals surface area contributed by atoms with Gasteiger partial charge in [0.1, 0.15) is 25.2 Å². The van der Waals surface area contributed by atoms with Crippen molar-refractivity contribution in [2.75, 3.05) is 0 Å². The summed E-state index contributed by atoms with van der Waals surface area (Å²) < 4.78 is 8.41. The van der Waals surface area contributed by atoms with Crippen LogP contribution < -0.4 is 0 Å². The van der Waals surface area contributed by atoms with E-state index in [9.17, 15) is 33.9 Å². The molecule has 0 radical (unpaired) electrons. The van der Waals surface area contributed by atoms with Crippen molar-refractivity contribution in [1.82, 2.24) is 0 Å². The molecule has 0 spiro atoms. The van der Waals surface area contributed by atoms with E-state index in [1.54, 1.807) is 0 Å². The van der Waals surface area contributed by atoms with Crippen LogP contribution in [0.25, 0.3) is 0 Å². The van der Waals surface area contributed by atoms with E-state index < -0.39 is 65.6 Å². The highest BCUT2D eigenvalue weighted by atomic mass is 79.9. The summed E-state index contributed by atoms with van der Waals surface area (Å²) in [5, 5.41) is 25.5. The lowest BCUT2D eigenvalue weighted by Crippen LogP contribution is -2.39. The van der Waals surface area contributed by atoms with Crippen LogP contribution in [0.3, 0.4) is 0 Å². The lowest BCUT2D eigenvalue weighted by molar-refractivity contribution is -0.167. The van der Waals surface area contributed by atoms with Crippen LogP contribution in [0.15, 0.2) is 0 Å². The van der Waals surface area contributed by atoms with E-state index in [4.69, 9.17) is 42.9 Å². The largest absolute Gasteiger partial charge is 0.480 e. The second kappa shape index (κ2) is 31.6. The molecule has 0 aromatic heterocycles. The van der Waals surface area contributed by atoms with Crippen molar-refractivity contribution in [1.29, 1.82) is 0 Å². The topological polar surface area (TPSA) is 182 Å². The number of esters is 3. The van der Waals surface area contributed by atoms with E-state index in [-0.39, 0.29) is 6.42 Å². The highest BCUT2D eigenvalue weighted by Crippen LogP contribution is 2.30. The number of unbranched alkanes of at least 4 members (excludes halogenated alkanes) is 15. The molecule has 6 atom stereocenters. The first-order valence-corrected chi connectivity index (χ1v) is 23.0.